The van der Waals surface area contributed by atoms with Gasteiger partial charge in [-0.25, -0.2) is 4.79 Å². The summed E-state index contributed by atoms with van der Waals surface area (Å²) in [7, 11) is 1.37. The van der Waals surface area contributed by atoms with Gasteiger partial charge in [0.25, 0.3) is 0 Å². The number of rotatable bonds is 7. The van der Waals surface area contributed by atoms with Crippen LogP contribution in [0, 0.1) is 0 Å². The van der Waals surface area contributed by atoms with Crippen molar-refractivity contribution >= 4 is 56.4 Å². The van der Waals surface area contributed by atoms with E-state index in [-0.39, 0.29) is 5.91 Å². The maximum atomic E-state index is 12.5. The second kappa shape index (κ2) is 9.80. The number of fused-ring (bicyclic) bond motifs is 1. The third-order valence-electron chi connectivity index (χ3n) is 5.16. The van der Waals surface area contributed by atoms with Crippen LogP contribution in [0.4, 0.5) is 10.1 Å². The average molecular weight is 475 g/mol. The molecule has 0 radical (unpaired) electrons. The number of aromatic nitrogens is 2. The minimum absolute atomic E-state index is 0.145. The van der Waals surface area contributed by atoms with Crippen LogP contribution in [0.2, 0.25) is 0 Å². The van der Waals surface area contributed by atoms with Gasteiger partial charge in [0.1, 0.15) is 5.00 Å². The Morgan fingerprint density at radius 1 is 1.26 bits per heavy atom. The number of nitrogens with two attached hydrogens (primary N) is 1. The highest BCUT2D eigenvalue weighted by Gasteiger charge is 2.30. The Hall–Kier alpha value is -2.43. The Labute approximate surface area is 192 Å². The van der Waals surface area contributed by atoms with E-state index in [0.717, 1.165) is 34.0 Å². The van der Waals surface area contributed by atoms with Crippen LogP contribution >= 0.6 is 34.4 Å². The fourth-order valence-electron chi connectivity index (χ4n) is 3.70. The monoisotopic (exact) mass is 474 g/mol. The first-order chi connectivity index (χ1) is 15.0. The summed E-state index contributed by atoms with van der Waals surface area (Å²) in [5.41, 5.74) is 8.40. The van der Waals surface area contributed by atoms with Crippen molar-refractivity contribution in [1.82, 2.24) is 10.2 Å². The molecule has 3 N–H and O–H groups in total. The number of nitrogens with one attached hydrogen (secondary N) is 1. The number of esters is 1. The number of amides is 1. The van der Waals surface area contributed by atoms with E-state index in [2.05, 4.69) is 39.8 Å². The van der Waals surface area contributed by atoms with Gasteiger partial charge in [-0.2, -0.15) is 0 Å². The first-order valence-corrected chi connectivity index (χ1v) is 12.5. The Morgan fingerprint density at radius 3 is 2.77 bits per heavy atom. The Kier molecular flexibility index (Phi) is 6.89. The molecule has 1 aromatic carbocycles. The number of thiophene rings is 1. The number of hydrogen-bond acceptors (Lipinski definition) is 9. The smallest absolute Gasteiger partial charge is 0.341 e. The van der Waals surface area contributed by atoms with Crippen LogP contribution in [-0.4, -0.2) is 34.9 Å². The summed E-state index contributed by atoms with van der Waals surface area (Å²) in [5.74, 6) is 0.421. The van der Waals surface area contributed by atoms with E-state index in [1.54, 1.807) is 0 Å². The predicted octanol–water partition coefficient (Wildman–Crippen LogP) is 4.36. The van der Waals surface area contributed by atoms with Crippen molar-refractivity contribution in [3.05, 3.63) is 51.9 Å². The van der Waals surface area contributed by atoms with E-state index < -0.39 is 5.97 Å². The summed E-state index contributed by atoms with van der Waals surface area (Å²) < 4.78 is 5.76. The maximum Gasteiger partial charge on any atom is 0.341 e. The topological polar surface area (TPSA) is 107 Å². The van der Waals surface area contributed by atoms with Gasteiger partial charge in [0.2, 0.25) is 11.0 Å². The molecule has 1 atom stereocenters. The van der Waals surface area contributed by atoms with E-state index in [1.165, 1.54) is 47.1 Å². The van der Waals surface area contributed by atoms with Crippen LogP contribution in [0.15, 0.2) is 34.7 Å². The van der Waals surface area contributed by atoms with E-state index in [4.69, 9.17) is 10.5 Å². The van der Waals surface area contributed by atoms with Gasteiger partial charge in [0.15, 0.2) is 4.34 Å². The molecule has 2 aromatic heterocycles. The van der Waals surface area contributed by atoms with Crippen molar-refractivity contribution in [3.63, 3.8) is 0 Å². The van der Waals surface area contributed by atoms with Gasteiger partial charge in [-0.15, -0.1) is 21.5 Å². The van der Waals surface area contributed by atoms with Gasteiger partial charge in [-0.3, -0.25) is 4.79 Å². The molecule has 162 valence electrons. The SMILES string of the molecule is COC(=O)c1c(NC(=O)CCSc2nnc(N)s2)sc2c1CCC(c1ccccc1)C2. The van der Waals surface area contributed by atoms with Gasteiger partial charge in [-0.1, -0.05) is 53.4 Å². The van der Waals surface area contributed by atoms with Crippen molar-refractivity contribution in [2.24, 2.45) is 0 Å². The second-order valence-corrected chi connectivity index (χ2v) is 10.6. The number of methoxy groups -OCH3 is 1. The third-order valence-corrected chi connectivity index (χ3v) is 8.21. The number of benzene rings is 1. The van der Waals surface area contributed by atoms with Gasteiger partial charge in [-0.05, 0) is 36.3 Å². The van der Waals surface area contributed by atoms with E-state index in [0.29, 0.717) is 33.8 Å². The summed E-state index contributed by atoms with van der Waals surface area (Å²) in [6.45, 7) is 0. The Balaban J connectivity index is 1.46. The molecule has 0 spiro atoms. The molecule has 0 bridgehead atoms. The highest BCUT2D eigenvalue weighted by molar-refractivity contribution is 8.01. The molecular weight excluding hydrogens is 452 g/mol. The van der Waals surface area contributed by atoms with Crippen molar-refractivity contribution in [2.75, 3.05) is 23.9 Å². The molecule has 2 heterocycles. The van der Waals surface area contributed by atoms with Crippen molar-refractivity contribution in [2.45, 2.75) is 35.9 Å². The number of hydrogen-bond donors (Lipinski definition) is 2. The molecule has 0 saturated heterocycles. The Morgan fingerprint density at radius 2 is 2.06 bits per heavy atom. The van der Waals surface area contributed by atoms with E-state index in [1.807, 2.05) is 6.07 Å². The fraction of sp³-hybridized carbons (Fsp3) is 0.333. The summed E-state index contributed by atoms with van der Waals surface area (Å²) in [6, 6.07) is 10.4. The lowest BCUT2D eigenvalue weighted by molar-refractivity contribution is -0.115. The molecule has 0 aliphatic heterocycles. The zero-order chi connectivity index (χ0) is 21.8. The summed E-state index contributed by atoms with van der Waals surface area (Å²) in [4.78, 5) is 26.2. The van der Waals surface area contributed by atoms with Crippen LogP contribution in [0.25, 0.3) is 0 Å². The van der Waals surface area contributed by atoms with Crippen LogP contribution in [0.1, 0.15) is 45.1 Å². The van der Waals surface area contributed by atoms with Crippen LogP contribution in [0.5, 0.6) is 0 Å². The molecule has 3 aromatic rings. The Bertz CT molecular complexity index is 1080. The summed E-state index contributed by atoms with van der Waals surface area (Å²) >= 11 is 4.22. The zero-order valence-electron chi connectivity index (χ0n) is 16.9. The third kappa shape index (κ3) is 5.08. The standard InChI is InChI=1S/C21H22N4O3S3/c1-28-19(27)17-14-8-7-13(12-5-3-2-4-6-12)11-15(14)30-18(17)23-16(26)9-10-29-21-25-24-20(22)31-21/h2-6,13H,7-11H2,1H3,(H2,22,24)(H,23,26). The molecule has 0 fully saturated rings. The predicted molar refractivity (Wildman–Crippen MR) is 125 cm³/mol. The van der Waals surface area contributed by atoms with E-state index in [9.17, 15) is 9.59 Å². The molecule has 1 aliphatic carbocycles. The normalized spacial score (nSPS) is 15.3. The van der Waals surface area contributed by atoms with Crippen molar-refractivity contribution in [3.8, 4) is 0 Å². The first-order valence-electron chi connectivity index (χ1n) is 9.84. The molecule has 7 nitrogen and oxygen atoms in total. The van der Waals surface area contributed by atoms with Crippen molar-refractivity contribution < 1.29 is 14.3 Å². The number of thioether (sulfide) groups is 1. The summed E-state index contributed by atoms with van der Waals surface area (Å²) in [5, 5.41) is 11.6. The highest BCUT2D eigenvalue weighted by atomic mass is 32.2. The molecule has 1 unspecified atom stereocenters. The molecular formula is C21H22N4O3S3. The number of carbonyl (C=O) groups excluding carboxylic acids is 2. The number of anilines is 2. The van der Waals surface area contributed by atoms with Gasteiger partial charge < -0.3 is 15.8 Å². The molecule has 4 rings (SSSR count). The number of nitrogens with zero attached hydrogens (tertiary/aromatic N) is 2. The molecule has 1 aliphatic rings. The fourth-order valence-corrected chi connectivity index (χ4v) is 6.68. The van der Waals surface area contributed by atoms with Crippen LogP contribution < -0.4 is 11.1 Å². The largest absolute Gasteiger partial charge is 0.465 e. The summed E-state index contributed by atoms with van der Waals surface area (Å²) in [6.07, 6.45) is 2.91. The lowest BCUT2D eigenvalue weighted by Gasteiger charge is -2.22. The second-order valence-electron chi connectivity index (χ2n) is 7.10. The quantitative estimate of drug-likeness (QED) is 0.387. The van der Waals surface area contributed by atoms with Gasteiger partial charge >= 0.3 is 5.97 Å². The molecule has 31 heavy (non-hydrogen) atoms. The first kappa shape index (κ1) is 21.8. The van der Waals surface area contributed by atoms with Gasteiger partial charge in [0.05, 0.1) is 12.7 Å². The van der Waals surface area contributed by atoms with Crippen LogP contribution in [0.3, 0.4) is 0 Å². The molecule has 10 heteroatoms. The van der Waals surface area contributed by atoms with Crippen molar-refractivity contribution in [1.29, 1.82) is 0 Å². The number of nitrogen functional groups attached to an aromatic ring is 1. The highest BCUT2D eigenvalue weighted by Crippen LogP contribution is 2.42. The molecule has 1 amide bonds. The van der Waals surface area contributed by atoms with Gasteiger partial charge in [0, 0.05) is 17.1 Å². The minimum Gasteiger partial charge on any atom is -0.465 e. The average Bonchev–Trinajstić information content (AvgIpc) is 3.35. The lowest BCUT2D eigenvalue weighted by atomic mass is 9.83. The van der Waals surface area contributed by atoms with Crippen LogP contribution in [-0.2, 0) is 22.4 Å². The zero-order valence-corrected chi connectivity index (χ0v) is 19.4. The number of ether oxygens (including phenoxy) is 1. The molecule has 0 saturated carbocycles. The van der Waals surface area contributed by atoms with E-state index >= 15 is 0 Å². The number of carbonyl (C=O) groups is 2. The maximum absolute atomic E-state index is 12.5. The minimum atomic E-state index is -0.398. The lowest BCUT2D eigenvalue weighted by Crippen LogP contribution is -2.16.